The van der Waals surface area contributed by atoms with Crippen LogP contribution in [-0.4, -0.2) is 85.7 Å². The van der Waals surface area contributed by atoms with Gasteiger partial charge in [0.05, 0.1) is 58.6 Å². The molecule has 0 radical (unpaired) electrons. The van der Waals surface area contributed by atoms with E-state index < -0.39 is 98.3 Å². The first-order valence-electron chi connectivity index (χ1n) is 13.2. The molecular weight excluding hydrogens is 757 g/mol. The molecule has 0 amide bonds. The zero-order valence-electron chi connectivity index (χ0n) is 25.5. The molecule has 0 aromatic heterocycles. The average Bonchev–Trinajstić information content (AvgIpc) is 2.98. The van der Waals surface area contributed by atoms with Crippen LogP contribution in [0.2, 0.25) is 0 Å². The molecule has 3 aromatic carbocycles. The number of ether oxygens (including phenoxy) is 1. The molecule has 0 aliphatic heterocycles. The number of anilines is 2. The lowest BCUT2D eigenvalue weighted by atomic mass is 10.2. The molecule has 21 nitrogen and oxygen atoms in total. The average molecular weight is 783 g/mol. The van der Waals surface area contributed by atoms with Crippen molar-refractivity contribution in [3.63, 3.8) is 0 Å². The quantitative estimate of drug-likeness (QED) is 0.0802. The second kappa shape index (κ2) is 15.5. The Hall–Kier alpha value is -4.63. The second-order valence-electron chi connectivity index (χ2n) is 9.68. The number of benzene rings is 3. The Kier molecular flexibility index (Phi) is 12.3. The summed E-state index contributed by atoms with van der Waals surface area (Å²) in [5.74, 6) is -3.53. The van der Waals surface area contributed by atoms with Gasteiger partial charge in [-0.05, 0) is 42.8 Å². The molecule has 0 saturated carbocycles. The Labute approximate surface area is 282 Å². The van der Waals surface area contributed by atoms with Gasteiger partial charge in [-0.25, -0.2) is 30.0 Å². The second-order valence-corrected chi connectivity index (χ2v) is 16.0. The minimum atomic E-state index is -4.89. The normalized spacial score (nSPS) is 13.3. The van der Waals surface area contributed by atoms with Crippen LogP contribution >= 0.6 is 0 Å². The first kappa shape index (κ1) is 39.8. The van der Waals surface area contributed by atoms with Crippen LogP contribution in [0.25, 0.3) is 0 Å². The summed E-state index contributed by atoms with van der Waals surface area (Å²) in [6, 6.07) is 7.29. The highest BCUT2D eigenvalue weighted by atomic mass is 32.3. The molecule has 0 fully saturated rings. The van der Waals surface area contributed by atoms with Crippen LogP contribution in [0.3, 0.4) is 0 Å². The predicted octanol–water partition coefficient (Wildman–Crippen LogP) is -1.66. The Morgan fingerprint density at radius 3 is 1.84 bits per heavy atom. The van der Waals surface area contributed by atoms with Gasteiger partial charge in [0.25, 0.3) is 0 Å². The number of hydrogen-bond acceptors (Lipinski definition) is 18. The van der Waals surface area contributed by atoms with Crippen molar-refractivity contribution in [2.45, 2.75) is 16.7 Å². The van der Waals surface area contributed by atoms with Crippen LogP contribution in [0.5, 0.6) is 5.75 Å². The van der Waals surface area contributed by atoms with E-state index in [-0.39, 0.29) is 32.5 Å². The number of aryl methyl sites for hydroxylation is 1. The Morgan fingerprint density at radius 1 is 0.780 bits per heavy atom. The number of methoxy groups -OCH3 is 1. The topological polar surface area (TPSA) is 325 Å². The van der Waals surface area contributed by atoms with E-state index in [4.69, 9.17) is 13.8 Å². The number of carboxylic acid groups (broad SMARTS) is 1. The van der Waals surface area contributed by atoms with Gasteiger partial charge in [-0.2, -0.15) is 27.0 Å². The van der Waals surface area contributed by atoms with E-state index in [2.05, 4.69) is 29.4 Å². The molecule has 0 aliphatic rings. The van der Waals surface area contributed by atoms with E-state index in [1.165, 1.54) is 25.1 Å². The van der Waals surface area contributed by atoms with Gasteiger partial charge < -0.3 is 9.84 Å². The highest BCUT2D eigenvalue weighted by molar-refractivity contribution is 7.91. The van der Waals surface area contributed by atoms with Gasteiger partial charge in [-0.15, -0.1) is 0 Å². The third-order valence-electron chi connectivity index (χ3n) is 6.22. The van der Waals surface area contributed by atoms with E-state index in [0.29, 0.717) is 6.07 Å². The summed E-state index contributed by atoms with van der Waals surface area (Å²) in [6.07, 6.45) is 0. The molecular formula is C25H26N4O17S4. The number of rotatable bonds is 16. The fourth-order valence-electron chi connectivity index (χ4n) is 3.95. The third kappa shape index (κ3) is 10.7. The maximum atomic E-state index is 13.2. The van der Waals surface area contributed by atoms with E-state index in [1.807, 2.05) is 0 Å². The number of nitrogens with one attached hydrogen (secondary N) is 2. The third-order valence-corrected chi connectivity index (χ3v) is 10.7. The van der Waals surface area contributed by atoms with Gasteiger partial charge in [0, 0.05) is 12.1 Å². The molecule has 0 heterocycles. The molecule has 3 aromatic rings. The number of nitrogens with zero attached hydrogens (tertiary/aromatic N) is 2. The van der Waals surface area contributed by atoms with Crippen molar-refractivity contribution in [2.24, 2.45) is 10.2 Å². The minimum absolute atomic E-state index is 0.0384. The van der Waals surface area contributed by atoms with Crippen LogP contribution in [0.15, 0.2) is 72.0 Å². The molecule has 0 bridgehead atoms. The zero-order chi connectivity index (χ0) is 37.7. The molecule has 272 valence electrons. The highest BCUT2D eigenvalue weighted by Gasteiger charge is 2.22. The van der Waals surface area contributed by atoms with Crippen molar-refractivity contribution < 1.29 is 65.8 Å². The van der Waals surface area contributed by atoms with E-state index in [1.54, 1.807) is 0 Å². The van der Waals surface area contributed by atoms with Crippen molar-refractivity contribution in [3.05, 3.63) is 84.8 Å². The lowest BCUT2D eigenvalue weighted by molar-refractivity contribution is 0.0694. The van der Waals surface area contributed by atoms with Crippen molar-refractivity contribution >= 4 is 57.8 Å². The van der Waals surface area contributed by atoms with E-state index in [9.17, 15) is 53.2 Å². The summed E-state index contributed by atoms with van der Waals surface area (Å²) in [5.41, 5.74) is 1.58. The molecule has 0 unspecified atom stereocenters. The number of aromatic carboxylic acids is 1. The van der Waals surface area contributed by atoms with Crippen molar-refractivity contribution in [2.75, 3.05) is 42.7 Å². The minimum Gasteiger partial charge on any atom is -0.494 e. The summed E-state index contributed by atoms with van der Waals surface area (Å²) >= 11 is 0. The van der Waals surface area contributed by atoms with Gasteiger partial charge in [0.2, 0.25) is 10.9 Å². The van der Waals surface area contributed by atoms with Gasteiger partial charge in [0.1, 0.15) is 11.1 Å². The van der Waals surface area contributed by atoms with Crippen LogP contribution in [-0.2, 0) is 48.8 Å². The van der Waals surface area contributed by atoms with Crippen LogP contribution in [0.1, 0.15) is 15.9 Å². The first-order chi connectivity index (χ1) is 23.0. The van der Waals surface area contributed by atoms with E-state index in [0.717, 1.165) is 25.3 Å². The maximum absolute atomic E-state index is 13.2. The Bertz CT molecular complexity index is 2480. The number of hydrogen-bond donors (Lipinski definition) is 5. The Morgan fingerprint density at radius 2 is 1.32 bits per heavy atom. The monoisotopic (exact) mass is 782 g/mol. The molecule has 50 heavy (non-hydrogen) atoms. The number of sulfone groups is 2. The number of carbonyl (C=O) groups is 1. The Balaban J connectivity index is 1.96. The van der Waals surface area contributed by atoms with Crippen molar-refractivity contribution in [1.82, 2.24) is 0 Å². The molecule has 0 atom stereocenters. The lowest BCUT2D eigenvalue weighted by Crippen LogP contribution is -2.50. The van der Waals surface area contributed by atoms with Gasteiger partial charge in [-0.3, -0.25) is 29.5 Å². The molecule has 0 saturated heterocycles. The summed E-state index contributed by atoms with van der Waals surface area (Å²) < 4.78 is 123. The first-order valence-corrected chi connectivity index (χ1v) is 19.3. The van der Waals surface area contributed by atoms with E-state index >= 15 is 0 Å². The predicted molar refractivity (Wildman–Crippen MR) is 170 cm³/mol. The van der Waals surface area contributed by atoms with Gasteiger partial charge in [0.15, 0.2) is 25.0 Å². The highest BCUT2D eigenvalue weighted by Crippen LogP contribution is 2.31. The fourth-order valence-corrected chi connectivity index (χ4v) is 7.20. The van der Waals surface area contributed by atoms with Gasteiger partial charge in [-0.1, -0.05) is 0 Å². The summed E-state index contributed by atoms with van der Waals surface area (Å²) in [7, 11) is -16.9. The summed E-state index contributed by atoms with van der Waals surface area (Å²) in [4.78, 5) is 37.1. The standard InChI is InChI=1S/C25H26N4O17S4/c1-14-11-18(20(44-2)13-21(14)48(36,37)10-8-46-50(41,42)43)27-29-23-19(30)12-17(25(32)33)22(24(23)31)28-26-15-3-5-16(6-4-15)47(34,35)9-7-45-49(38,39)40/h3-6,11-13,26-27H,7-10H2,1-2H3,(H,32,33)(H,38,39,40)(H,41,42,43). The zero-order valence-corrected chi connectivity index (χ0v) is 28.7. The largest absolute Gasteiger partial charge is 0.494 e. The number of carboxylic acids is 1. The fraction of sp³-hybridized carbons (Fsp3) is 0.240. The van der Waals surface area contributed by atoms with Crippen molar-refractivity contribution in [1.29, 1.82) is 0 Å². The molecule has 0 aliphatic carbocycles. The van der Waals surface area contributed by atoms with Crippen LogP contribution < -0.4 is 37.2 Å². The lowest BCUT2D eigenvalue weighted by Gasteiger charge is -2.13. The van der Waals surface area contributed by atoms with Gasteiger partial charge >= 0.3 is 26.8 Å². The molecule has 0 spiro atoms. The molecule has 3 rings (SSSR count). The summed E-state index contributed by atoms with van der Waals surface area (Å²) in [5, 5.41) is 15.5. The summed E-state index contributed by atoms with van der Waals surface area (Å²) in [6.45, 7) is -0.406. The SMILES string of the molecule is COc1cc(S(=O)(=O)CCOS(=O)(=O)O)c(C)cc1NN=c1c(=O)cc(C(=O)O)c(=NNc2ccc(S(=O)(=O)CCOS(=O)(=O)O)cc2)c1=O. The molecule has 25 heteroatoms. The van der Waals surface area contributed by atoms with Crippen molar-refractivity contribution in [3.8, 4) is 5.75 Å². The smallest absolute Gasteiger partial charge is 0.397 e. The molecule has 5 N–H and O–H groups in total. The maximum Gasteiger partial charge on any atom is 0.397 e. The van der Waals surface area contributed by atoms with Crippen LogP contribution in [0, 0.1) is 6.92 Å². The van der Waals surface area contributed by atoms with Crippen LogP contribution in [0.4, 0.5) is 11.4 Å².